The van der Waals surface area contributed by atoms with Crippen LogP contribution in [0.25, 0.3) is 0 Å². The van der Waals surface area contributed by atoms with Crippen LogP contribution in [0.5, 0.6) is 5.75 Å². The first-order valence-electron chi connectivity index (χ1n) is 8.03. The van der Waals surface area contributed by atoms with Crippen LogP contribution in [0.3, 0.4) is 0 Å². The molecule has 0 aliphatic carbocycles. The fourth-order valence-electron chi connectivity index (χ4n) is 3.50. The Morgan fingerprint density at radius 1 is 1.48 bits per heavy atom. The first-order chi connectivity index (χ1) is 11.3. The second kappa shape index (κ2) is 6.19. The van der Waals surface area contributed by atoms with E-state index in [2.05, 4.69) is 21.8 Å². The molecular formula is C17H21N3O2S. The van der Waals surface area contributed by atoms with Crippen molar-refractivity contribution in [2.75, 3.05) is 26.3 Å². The molecule has 0 bridgehead atoms. The van der Waals surface area contributed by atoms with Gasteiger partial charge in [0.15, 0.2) is 0 Å². The number of hydrogen-bond acceptors (Lipinski definition) is 6. The van der Waals surface area contributed by atoms with Crippen LogP contribution in [0.2, 0.25) is 0 Å². The molecule has 2 saturated heterocycles. The molecule has 0 unspecified atom stereocenters. The number of likely N-dealkylation sites (tertiary alicyclic amines) is 1. The number of thiazole rings is 1. The molecule has 4 rings (SSSR count). The van der Waals surface area contributed by atoms with Crippen molar-refractivity contribution in [1.29, 1.82) is 0 Å². The third-order valence-electron chi connectivity index (χ3n) is 4.88. The summed E-state index contributed by atoms with van der Waals surface area (Å²) in [5.74, 6) is 1.30. The van der Waals surface area contributed by atoms with Gasteiger partial charge < -0.3 is 9.47 Å². The highest BCUT2D eigenvalue weighted by Crippen LogP contribution is 2.41. The van der Waals surface area contributed by atoms with Gasteiger partial charge in [-0.25, -0.2) is 4.98 Å². The Kier molecular flexibility index (Phi) is 4.05. The number of ether oxygens (including phenoxy) is 2. The van der Waals surface area contributed by atoms with Crippen LogP contribution in [0.1, 0.15) is 17.0 Å². The van der Waals surface area contributed by atoms with E-state index < -0.39 is 0 Å². The van der Waals surface area contributed by atoms with Crippen molar-refractivity contribution in [2.45, 2.75) is 25.5 Å². The summed E-state index contributed by atoms with van der Waals surface area (Å²) >= 11 is 1.74. The zero-order valence-electron chi connectivity index (χ0n) is 13.3. The molecule has 0 radical (unpaired) electrons. The van der Waals surface area contributed by atoms with Crippen LogP contribution < -0.4 is 4.74 Å². The number of aromatic nitrogens is 2. The topological polar surface area (TPSA) is 47.5 Å². The lowest BCUT2D eigenvalue weighted by atomic mass is 9.81. The molecule has 4 heterocycles. The molecule has 122 valence electrons. The van der Waals surface area contributed by atoms with Gasteiger partial charge >= 0.3 is 0 Å². The highest BCUT2D eigenvalue weighted by molar-refractivity contribution is 7.09. The molecule has 1 spiro atoms. The SMILES string of the molecule is Cc1ncsc1CN1CC2(C1)OCC[C@@H]2COc1cccnc1. The summed E-state index contributed by atoms with van der Waals surface area (Å²) in [6, 6.07) is 3.86. The summed E-state index contributed by atoms with van der Waals surface area (Å²) in [4.78, 5) is 12.2. The van der Waals surface area contributed by atoms with E-state index in [4.69, 9.17) is 9.47 Å². The molecule has 0 N–H and O–H groups in total. The van der Waals surface area contributed by atoms with E-state index in [1.54, 1.807) is 23.7 Å². The maximum Gasteiger partial charge on any atom is 0.137 e. The fourth-order valence-corrected chi connectivity index (χ4v) is 4.32. The van der Waals surface area contributed by atoms with E-state index in [-0.39, 0.29) is 5.60 Å². The molecule has 2 aromatic rings. The molecule has 2 fully saturated rings. The van der Waals surface area contributed by atoms with Crippen molar-refractivity contribution in [3.8, 4) is 5.75 Å². The lowest BCUT2D eigenvalue weighted by Crippen LogP contribution is -2.64. The van der Waals surface area contributed by atoms with Gasteiger partial charge in [0.1, 0.15) is 5.75 Å². The van der Waals surface area contributed by atoms with Gasteiger partial charge in [0.05, 0.1) is 29.6 Å². The second-order valence-electron chi connectivity index (χ2n) is 6.40. The summed E-state index contributed by atoms with van der Waals surface area (Å²) in [5, 5.41) is 0. The van der Waals surface area contributed by atoms with Crippen LogP contribution in [0.4, 0.5) is 0 Å². The largest absolute Gasteiger partial charge is 0.492 e. The molecule has 2 aliphatic heterocycles. The van der Waals surface area contributed by atoms with Crippen molar-refractivity contribution >= 4 is 11.3 Å². The smallest absolute Gasteiger partial charge is 0.137 e. The molecular weight excluding hydrogens is 310 g/mol. The molecule has 5 nitrogen and oxygen atoms in total. The third kappa shape index (κ3) is 2.98. The zero-order chi connectivity index (χ0) is 15.7. The van der Waals surface area contributed by atoms with E-state index in [0.717, 1.165) is 44.1 Å². The van der Waals surface area contributed by atoms with E-state index in [1.165, 1.54) is 4.88 Å². The van der Waals surface area contributed by atoms with Gasteiger partial charge in [-0.3, -0.25) is 9.88 Å². The van der Waals surface area contributed by atoms with Crippen molar-refractivity contribution in [3.05, 3.63) is 40.6 Å². The van der Waals surface area contributed by atoms with Crippen LogP contribution in [-0.2, 0) is 11.3 Å². The summed E-state index contributed by atoms with van der Waals surface area (Å²) < 4.78 is 12.0. The minimum absolute atomic E-state index is 0.0131. The molecule has 0 saturated carbocycles. The Labute approximate surface area is 140 Å². The van der Waals surface area contributed by atoms with E-state index in [0.29, 0.717) is 12.5 Å². The number of nitrogens with zero attached hydrogens (tertiary/aromatic N) is 3. The fraction of sp³-hybridized carbons (Fsp3) is 0.529. The summed E-state index contributed by atoms with van der Waals surface area (Å²) in [5.41, 5.74) is 3.07. The van der Waals surface area contributed by atoms with Gasteiger partial charge in [-0.2, -0.15) is 0 Å². The second-order valence-corrected chi connectivity index (χ2v) is 7.34. The number of aryl methyl sites for hydroxylation is 1. The average molecular weight is 331 g/mol. The normalized spacial score (nSPS) is 23.1. The number of rotatable bonds is 5. The van der Waals surface area contributed by atoms with E-state index in [1.807, 2.05) is 17.6 Å². The van der Waals surface area contributed by atoms with Crippen molar-refractivity contribution in [3.63, 3.8) is 0 Å². The standard InChI is InChI=1S/C17H21N3O2S/c1-13-16(23-12-19-13)8-20-10-17(11-20)14(4-6-22-17)9-21-15-3-2-5-18-7-15/h2-3,5,7,12,14H,4,6,8-11H2,1H3/t14-/m1/s1. The van der Waals surface area contributed by atoms with Gasteiger partial charge in [-0.05, 0) is 25.5 Å². The third-order valence-corrected chi connectivity index (χ3v) is 5.80. The lowest BCUT2D eigenvalue weighted by molar-refractivity contribution is -0.140. The summed E-state index contributed by atoms with van der Waals surface area (Å²) in [7, 11) is 0. The maximum atomic E-state index is 6.11. The van der Waals surface area contributed by atoms with E-state index in [9.17, 15) is 0 Å². The van der Waals surface area contributed by atoms with Crippen LogP contribution in [-0.4, -0.2) is 46.8 Å². The minimum Gasteiger partial charge on any atom is -0.492 e. The molecule has 2 aliphatic rings. The Balaban J connectivity index is 1.33. The Morgan fingerprint density at radius 3 is 3.13 bits per heavy atom. The van der Waals surface area contributed by atoms with E-state index >= 15 is 0 Å². The Bertz CT molecular complexity index is 655. The van der Waals surface area contributed by atoms with Crippen molar-refractivity contribution < 1.29 is 9.47 Å². The predicted molar refractivity (Wildman–Crippen MR) is 88.7 cm³/mol. The lowest BCUT2D eigenvalue weighted by Gasteiger charge is -2.50. The van der Waals surface area contributed by atoms with Gasteiger partial charge in [0.25, 0.3) is 0 Å². The maximum absolute atomic E-state index is 6.11. The van der Waals surface area contributed by atoms with Gasteiger partial charge in [0.2, 0.25) is 0 Å². The zero-order valence-corrected chi connectivity index (χ0v) is 14.1. The predicted octanol–water partition coefficient (Wildman–Crippen LogP) is 2.52. The number of hydrogen-bond donors (Lipinski definition) is 0. The summed E-state index contributed by atoms with van der Waals surface area (Å²) in [6.07, 6.45) is 4.61. The molecule has 6 heteroatoms. The molecule has 23 heavy (non-hydrogen) atoms. The minimum atomic E-state index is -0.0131. The van der Waals surface area contributed by atoms with Gasteiger partial charge in [0, 0.05) is 43.2 Å². The highest BCUT2D eigenvalue weighted by Gasteiger charge is 2.53. The number of pyridine rings is 1. The quantitative estimate of drug-likeness (QED) is 0.842. The Morgan fingerprint density at radius 2 is 2.39 bits per heavy atom. The Hall–Kier alpha value is -1.50. The van der Waals surface area contributed by atoms with Crippen LogP contribution in [0, 0.1) is 12.8 Å². The van der Waals surface area contributed by atoms with Crippen LogP contribution >= 0.6 is 11.3 Å². The summed E-state index contributed by atoms with van der Waals surface area (Å²) in [6.45, 7) is 6.60. The van der Waals surface area contributed by atoms with Crippen LogP contribution in [0.15, 0.2) is 30.0 Å². The van der Waals surface area contributed by atoms with Crippen molar-refractivity contribution in [2.24, 2.45) is 5.92 Å². The molecule has 0 aromatic carbocycles. The first-order valence-corrected chi connectivity index (χ1v) is 8.91. The van der Waals surface area contributed by atoms with Gasteiger partial charge in [-0.1, -0.05) is 0 Å². The highest BCUT2D eigenvalue weighted by atomic mass is 32.1. The monoisotopic (exact) mass is 331 g/mol. The first kappa shape index (κ1) is 15.1. The van der Waals surface area contributed by atoms with Crippen molar-refractivity contribution in [1.82, 2.24) is 14.9 Å². The molecule has 2 aromatic heterocycles. The van der Waals surface area contributed by atoms with Gasteiger partial charge in [-0.15, -0.1) is 11.3 Å². The molecule has 0 amide bonds. The molecule has 1 atom stereocenters. The average Bonchev–Trinajstić information content (AvgIpc) is 3.13.